The van der Waals surface area contributed by atoms with Gasteiger partial charge in [-0.15, -0.1) is 0 Å². The number of sulfone groups is 1. The highest BCUT2D eigenvalue weighted by Crippen LogP contribution is 2.34. The fourth-order valence-electron chi connectivity index (χ4n) is 2.79. The summed E-state index contributed by atoms with van der Waals surface area (Å²) in [5.74, 6) is 1.86. The van der Waals surface area contributed by atoms with Gasteiger partial charge in [0.1, 0.15) is 5.75 Å². The Hall–Kier alpha value is -1.07. The molecule has 19 heavy (non-hydrogen) atoms. The van der Waals surface area contributed by atoms with Crippen molar-refractivity contribution in [2.75, 3.05) is 32.2 Å². The van der Waals surface area contributed by atoms with Crippen LogP contribution in [0.25, 0.3) is 0 Å². The van der Waals surface area contributed by atoms with Gasteiger partial charge >= 0.3 is 0 Å². The van der Waals surface area contributed by atoms with Gasteiger partial charge in [0, 0.05) is 12.5 Å². The number of rotatable bonds is 5. The topological polar surface area (TPSA) is 55.4 Å². The fourth-order valence-corrected chi connectivity index (χ4v) is 4.67. The molecule has 4 nitrogen and oxygen atoms in total. The number of methoxy groups -OCH3 is 1. The molecule has 0 spiro atoms. The standard InChI is InChI=1S/C14H21NO3S/c1-15-9-14(12-6-7-19(16,17)10-12)11-4-3-5-13(8-11)18-2/h3-5,8,12,14-15H,6-7,9-10H2,1-2H3. The normalized spacial score (nSPS) is 23.2. The highest BCUT2D eigenvalue weighted by Gasteiger charge is 2.34. The Bertz CT molecular complexity index is 527. The first-order valence-corrected chi connectivity index (χ1v) is 8.37. The summed E-state index contributed by atoms with van der Waals surface area (Å²) < 4.78 is 28.6. The Morgan fingerprint density at radius 1 is 1.47 bits per heavy atom. The van der Waals surface area contributed by atoms with E-state index in [1.165, 1.54) is 0 Å². The van der Waals surface area contributed by atoms with Crippen LogP contribution in [0.1, 0.15) is 17.9 Å². The Morgan fingerprint density at radius 2 is 2.26 bits per heavy atom. The van der Waals surface area contributed by atoms with Crippen LogP contribution in [0, 0.1) is 5.92 Å². The van der Waals surface area contributed by atoms with Crippen LogP contribution in [-0.2, 0) is 9.84 Å². The molecule has 5 heteroatoms. The van der Waals surface area contributed by atoms with E-state index in [1.807, 2.05) is 25.2 Å². The summed E-state index contributed by atoms with van der Waals surface area (Å²) in [5.41, 5.74) is 1.15. The third-order valence-electron chi connectivity index (χ3n) is 3.78. The average molecular weight is 283 g/mol. The van der Waals surface area contributed by atoms with E-state index in [0.29, 0.717) is 11.5 Å². The molecule has 2 rings (SSSR count). The van der Waals surface area contributed by atoms with Crippen LogP contribution < -0.4 is 10.1 Å². The Kier molecular flexibility index (Phi) is 4.47. The van der Waals surface area contributed by atoms with Crippen molar-refractivity contribution in [1.29, 1.82) is 0 Å². The van der Waals surface area contributed by atoms with Gasteiger partial charge in [0.05, 0.1) is 18.6 Å². The number of likely N-dealkylation sites (N-methyl/N-ethyl adjacent to an activating group) is 1. The van der Waals surface area contributed by atoms with Crippen LogP contribution in [0.4, 0.5) is 0 Å². The quantitative estimate of drug-likeness (QED) is 0.888. The summed E-state index contributed by atoms with van der Waals surface area (Å²) in [6, 6.07) is 7.92. The molecule has 1 aromatic carbocycles. The molecule has 1 saturated heterocycles. The van der Waals surface area contributed by atoms with Gasteiger partial charge < -0.3 is 10.1 Å². The largest absolute Gasteiger partial charge is 0.497 e. The second kappa shape index (κ2) is 5.92. The van der Waals surface area contributed by atoms with Crippen molar-refractivity contribution in [2.24, 2.45) is 5.92 Å². The first-order chi connectivity index (χ1) is 9.05. The third kappa shape index (κ3) is 3.48. The zero-order valence-corrected chi connectivity index (χ0v) is 12.2. The minimum atomic E-state index is -2.84. The molecule has 1 heterocycles. The first-order valence-electron chi connectivity index (χ1n) is 6.54. The Morgan fingerprint density at radius 3 is 2.84 bits per heavy atom. The molecule has 1 aliphatic heterocycles. The van der Waals surface area contributed by atoms with Crippen molar-refractivity contribution in [3.63, 3.8) is 0 Å². The number of benzene rings is 1. The zero-order chi connectivity index (χ0) is 13.9. The molecule has 2 atom stereocenters. The zero-order valence-electron chi connectivity index (χ0n) is 11.4. The monoisotopic (exact) mass is 283 g/mol. The van der Waals surface area contributed by atoms with Gasteiger partial charge in [-0.3, -0.25) is 0 Å². The van der Waals surface area contributed by atoms with Crippen LogP contribution in [0.5, 0.6) is 5.75 Å². The number of ether oxygens (including phenoxy) is 1. The average Bonchev–Trinajstić information content (AvgIpc) is 2.76. The maximum Gasteiger partial charge on any atom is 0.150 e. The molecule has 1 N–H and O–H groups in total. The summed E-state index contributed by atoms with van der Waals surface area (Å²) in [6.07, 6.45) is 0.756. The van der Waals surface area contributed by atoms with E-state index in [9.17, 15) is 8.42 Å². The fraction of sp³-hybridized carbons (Fsp3) is 0.571. The Balaban J connectivity index is 2.24. The molecule has 0 aromatic heterocycles. The second-order valence-corrected chi connectivity index (χ2v) is 7.33. The summed E-state index contributed by atoms with van der Waals surface area (Å²) in [6.45, 7) is 0.785. The molecule has 0 radical (unpaired) electrons. The van der Waals surface area contributed by atoms with E-state index in [4.69, 9.17) is 4.74 Å². The van der Waals surface area contributed by atoms with E-state index < -0.39 is 9.84 Å². The molecular formula is C14H21NO3S. The minimum absolute atomic E-state index is 0.199. The highest BCUT2D eigenvalue weighted by molar-refractivity contribution is 7.91. The van der Waals surface area contributed by atoms with Crippen molar-refractivity contribution in [3.8, 4) is 5.75 Å². The second-order valence-electron chi connectivity index (χ2n) is 5.10. The highest BCUT2D eigenvalue weighted by atomic mass is 32.2. The SMILES string of the molecule is CNCC(c1cccc(OC)c1)C1CCS(=O)(=O)C1. The predicted molar refractivity (Wildman–Crippen MR) is 76.4 cm³/mol. The summed E-state index contributed by atoms with van der Waals surface area (Å²) in [5, 5.41) is 3.17. The van der Waals surface area contributed by atoms with Gasteiger partial charge in [-0.2, -0.15) is 0 Å². The van der Waals surface area contributed by atoms with Crippen LogP contribution in [0.2, 0.25) is 0 Å². The summed E-state index contributed by atoms with van der Waals surface area (Å²) >= 11 is 0. The third-order valence-corrected chi connectivity index (χ3v) is 5.58. The molecule has 2 unspecified atom stereocenters. The van der Waals surface area contributed by atoms with Crippen molar-refractivity contribution >= 4 is 9.84 Å². The van der Waals surface area contributed by atoms with Gasteiger partial charge in [0.25, 0.3) is 0 Å². The summed E-state index contributed by atoms with van der Waals surface area (Å²) in [7, 11) is 0.703. The lowest BCUT2D eigenvalue weighted by molar-refractivity contribution is 0.410. The van der Waals surface area contributed by atoms with Gasteiger partial charge in [-0.05, 0) is 37.1 Å². The number of hydrogen-bond donors (Lipinski definition) is 1. The maximum absolute atomic E-state index is 11.7. The molecule has 1 aliphatic rings. The number of hydrogen-bond acceptors (Lipinski definition) is 4. The molecule has 0 saturated carbocycles. The Labute approximate surface area is 115 Å². The molecule has 1 fully saturated rings. The van der Waals surface area contributed by atoms with Crippen molar-refractivity contribution in [2.45, 2.75) is 12.3 Å². The van der Waals surface area contributed by atoms with Gasteiger partial charge in [-0.1, -0.05) is 12.1 Å². The van der Waals surface area contributed by atoms with Crippen LogP contribution in [-0.4, -0.2) is 40.6 Å². The van der Waals surface area contributed by atoms with Gasteiger partial charge in [0.2, 0.25) is 0 Å². The molecule has 0 bridgehead atoms. The molecule has 0 amide bonds. The lowest BCUT2D eigenvalue weighted by atomic mass is 9.85. The van der Waals surface area contributed by atoms with Crippen molar-refractivity contribution < 1.29 is 13.2 Å². The number of nitrogens with one attached hydrogen (secondary N) is 1. The molecular weight excluding hydrogens is 262 g/mol. The van der Waals surface area contributed by atoms with Crippen LogP contribution in [0.3, 0.4) is 0 Å². The first kappa shape index (κ1) is 14.3. The summed E-state index contributed by atoms with van der Waals surface area (Å²) in [4.78, 5) is 0. The van der Waals surface area contributed by atoms with Crippen molar-refractivity contribution in [1.82, 2.24) is 5.32 Å². The van der Waals surface area contributed by atoms with Crippen LogP contribution in [0.15, 0.2) is 24.3 Å². The van der Waals surface area contributed by atoms with E-state index in [0.717, 1.165) is 24.3 Å². The van der Waals surface area contributed by atoms with E-state index in [-0.39, 0.29) is 11.8 Å². The lowest BCUT2D eigenvalue weighted by Gasteiger charge is -2.23. The maximum atomic E-state index is 11.7. The van der Waals surface area contributed by atoms with Gasteiger partial charge in [-0.25, -0.2) is 8.42 Å². The lowest BCUT2D eigenvalue weighted by Crippen LogP contribution is -2.25. The predicted octanol–water partition coefficient (Wildman–Crippen LogP) is 1.43. The van der Waals surface area contributed by atoms with E-state index >= 15 is 0 Å². The van der Waals surface area contributed by atoms with Crippen molar-refractivity contribution in [3.05, 3.63) is 29.8 Å². The molecule has 1 aromatic rings. The van der Waals surface area contributed by atoms with E-state index in [1.54, 1.807) is 7.11 Å². The minimum Gasteiger partial charge on any atom is -0.497 e. The van der Waals surface area contributed by atoms with E-state index in [2.05, 4.69) is 11.4 Å². The van der Waals surface area contributed by atoms with Gasteiger partial charge in [0.15, 0.2) is 9.84 Å². The van der Waals surface area contributed by atoms with Crippen LogP contribution >= 0.6 is 0 Å². The molecule has 0 aliphatic carbocycles. The molecule has 106 valence electrons. The smallest absolute Gasteiger partial charge is 0.150 e.